The van der Waals surface area contributed by atoms with Crippen molar-refractivity contribution in [1.29, 1.82) is 0 Å². The first-order valence-electron chi connectivity index (χ1n) is 7.47. The molecule has 1 aliphatic carbocycles. The molecule has 0 radical (unpaired) electrons. The number of carbonyl (C=O) groups is 1. The van der Waals surface area contributed by atoms with Gasteiger partial charge in [0, 0.05) is 5.33 Å². The van der Waals surface area contributed by atoms with E-state index in [1.54, 1.807) is 0 Å². The highest BCUT2D eigenvalue weighted by Crippen LogP contribution is 2.38. The standard InChI is InChI=1S/C17H23BrO2.CH4/c1-12(2)20-17(19)16(14-5-3-4-6-14)15-9-7-13(11-18)8-10-15;/h7-10,12,14,16H,3-6,11H2,1-2H3;1H4. The molecule has 0 N–H and O–H groups in total. The van der Waals surface area contributed by atoms with Crippen LogP contribution in [0.1, 0.15) is 64.0 Å². The molecule has 0 heterocycles. The molecule has 118 valence electrons. The lowest BCUT2D eigenvalue weighted by Gasteiger charge is -2.23. The second-order valence-electron chi connectivity index (χ2n) is 5.88. The summed E-state index contributed by atoms with van der Waals surface area (Å²) in [6, 6.07) is 8.35. The van der Waals surface area contributed by atoms with Crippen LogP contribution in [0.3, 0.4) is 0 Å². The molecule has 0 saturated heterocycles. The molecule has 0 bridgehead atoms. The van der Waals surface area contributed by atoms with E-state index in [-0.39, 0.29) is 25.4 Å². The molecule has 2 rings (SSSR count). The largest absolute Gasteiger partial charge is 0.462 e. The third-order valence-electron chi connectivity index (χ3n) is 3.97. The van der Waals surface area contributed by atoms with Crippen molar-refractivity contribution in [3.8, 4) is 0 Å². The van der Waals surface area contributed by atoms with Gasteiger partial charge in [-0.15, -0.1) is 0 Å². The molecule has 0 aromatic heterocycles. The fourth-order valence-electron chi connectivity index (χ4n) is 3.01. The van der Waals surface area contributed by atoms with E-state index < -0.39 is 0 Å². The number of halogens is 1. The zero-order valence-electron chi connectivity index (χ0n) is 12.3. The highest BCUT2D eigenvalue weighted by Gasteiger charge is 2.33. The Morgan fingerprint density at radius 1 is 1.24 bits per heavy atom. The lowest BCUT2D eigenvalue weighted by molar-refractivity contribution is -0.150. The van der Waals surface area contributed by atoms with Gasteiger partial charge in [0.05, 0.1) is 12.0 Å². The van der Waals surface area contributed by atoms with Crippen LogP contribution in [0.15, 0.2) is 24.3 Å². The molecular weight excluding hydrogens is 328 g/mol. The Kier molecular flexibility index (Phi) is 7.44. The lowest BCUT2D eigenvalue weighted by Crippen LogP contribution is -2.25. The van der Waals surface area contributed by atoms with Crippen LogP contribution in [0.4, 0.5) is 0 Å². The van der Waals surface area contributed by atoms with Crippen LogP contribution in [0.5, 0.6) is 0 Å². The van der Waals surface area contributed by atoms with Gasteiger partial charge in [0.2, 0.25) is 0 Å². The maximum atomic E-state index is 12.5. The molecule has 0 aliphatic heterocycles. The summed E-state index contributed by atoms with van der Waals surface area (Å²) in [7, 11) is 0. The van der Waals surface area contributed by atoms with Gasteiger partial charge >= 0.3 is 5.97 Å². The van der Waals surface area contributed by atoms with Gasteiger partial charge in [-0.1, -0.05) is 60.5 Å². The number of carbonyl (C=O) groups excluding carboxylic acids is 1. The number of ether oxygens (including phenoxy) is 1. The van der Waals surface area contributed by atoms with E-state index in [4.69, 9.17) is 4.74 Å². The maximum Gasteiger partial charge on any atom is 0.313 e. The average molecular weight is 355 g/mol. The minimum absolute atomic E-state index is 0. The number of rotatable bonds is 5. The fraction of sp³-hybridized carbons (Fsp3) is 0.611. The average Bonchev–Trinajstić information content (AvgIpc) is 2.93. The van der Waals surface area contributed by atoms with Crippen molar-refractivity contribution in [2.75, 3.05) is 0 Å². The van der Waals surface area contributed by atoms with Crippen molar-refractivity contribution in [3.05, 3.63) is 35.4 Å². The number of alkyl halides is 1. The molecule has 1 atom stereocenters. The number of benzene rings is 1. The van der Waals surface area contributed by atoms with E-state index in [1.807, 2.05) is 13.8 Å². The molecule has 21 heavy (non-hydrogen) atoms. The first kappa shape index (κ1) is 18.2. The summed E-state index contributed by atoms with van der Waals surface area (Å²) in [6.45, 7) is 3.83. The van der Waals surface area contributed by atoms with Crippen molar-refractivity contribution >= 4 is 21.9 Å². The van der Waals surface area contributed by atoms with Crippen LogP contribution in [-0.2, 0) is 14.9 Å². The highest BCUT2D eigenvalue weighted by atomic mass is 79.9. The monoisotopic (exact) mass is 354 g/mol. The van der Waals surface area contributed by atoms with E-state index in [2.05, 4.69) is 40.2 Å². The topological polar surface area (TPSA) is 26.3 Å². The van der Waals surface area contributed by atoms with E-state index in [0.717, 1.165) is 23.7 Å². The lowest BCUT2D eigenvalue weighted by atomic mass is 9.84. The highest BCUT2D eigenvalue weighted by molar-refractivity contribution is 9.08. The minimum Gasteiger partial charge on any atom is -0.462 e. The Bertz CT molecular complexity index is 433. The van der Waals surface area contributed by atoms with Crippen LogP contribution >= 0.6 is 15.9 Å². The van der Waals surface area contributed by atoms with Gasteiger partial charge < -0.3 is 4.74 Å². The summed E-state index contributed by atoms with van der Waals surface area (Å²) in [5.41, 5.74) is 2.34. The molecule has 1 fully saturated rings. The third kappa shape index (κ3) is 4.84. The Hall–Kier alpha value is -0.830. The van der Waals surface area contributed by atoms with E-state index in [0.29, 0.717) is 5.92 Å². The number of hydrogen-bond donors (Lipinski definition) is 0. The molecule has 0 spiro atoms. The third-order valence-corrected chi connectivity index (χ3v) is 4.62. The minimum atomic E-state index is -0.0933. The molecule has 1 aromatic rings. The van der Waals surface area contributed by atoms with Crippen LogP contribution < -0.4 is 0 Å². The second kappa shape index (κ2) is 8.57. The Morgan fingerprint density at radius 2 is 1.81 bits per heavy atom. The molecule has 1 aromatic carbocycles. The summed E-state index contributed by atoms with van der Waals surface area (Å²) in [5, 5.41) is 0.845. The normalized spacial score (nSPS) is 16.6. The number of hydrogen-bond acceptors (Lipinski definition) is 2. The van der Waals surface area contributed by atoms with Gasteiger partial charge in [0.1, 0.15) is 0 Å². The molecule has 2 nitrogen and oxygen atoms in total. The summed E-state index contributed by atoms with van der Waals surface area (Å²) < 4.78 is 5.49. The zero-order valence-corrected chi connectivity index (χ0v) is 13.9. The Morgan fingerprint density at radius 3 is 2.29 bits per heavy atom. The Balaban J connectivity index is 0.00000220. The predicted octanol–water partition coefficient (Wildman–Crippen LogP) is 5.44. The van der Waals surface area contributed by atoms with Crippen molar-refractivity contribution in [2.45, 2.75) is 64.3 Å². The summed E-state index contributed by atoms with van der Waals surface area (Å²) in [5.74, 6) is 0.291. The van der Waals surface area contributed by atoms with Crippen LogP contribution in [-0.4, -0.2) is 12.1 Å². The fourth-order valence-corrected chi connectivity index (χ4v) is 3.38. The molecular formula is C18H27BrO2. The number of esters is 1. The molecule has 1 aliphatic rings. The van der Waals surface area contributed by atoms with Gasteiger partial charge in [-0.3, -0.25) is 4.79 Å². The van der Waals surface area contributed by atoms with Crippen LogP contribution in [0.2, 0.25) is 0 Å². The Labute approximate surface area is 137 Å². The maximum absolute atomic E-state index is 12.5. The molecule has 1 unspecified atom stereocenters. The molecule has 3 heteroatoms. The van der Waals surface area contributed by atoms with Crippen molar-refractivity contribution in [3.63, 3.8) is 0 Å². The molecule has 1 saturated carbocycles. The smallest absolute Gasteiger partial charge is 0.313 e. The first-order valence-corrected chi connectivity index (χ1v) is 8.59. The SMILES string of the molecule is C.CC(C)OC(=O)C(c1ccc(CBr)cc1)C1CCCC1. The van der Waals surface area contributed by atoms with E-state index >= 15 is 0 Å². The predicted molar refractivity (Wildman–Crippen MR) is 91.7 cm³/mol. The first-order chi connectivity index (χ1) is 9.61. The second-order valence-corrected chi connectivity index (χ2v) is 6.44. The van der Waals surface area contributed by atoms with Crippen molar-refractivity contribution in [1.82, 2.24) is 0 Å². The van der Waals surface area contributed by atoms with E-state index in [9.17, 15) is 4.79 Å². The summed E-state index contributed by atoms with van der Waals surface area (Å²) in [4.78, 5) is 12.5. The zero-order chi connectivity index (χ0) is 14.5. The van der Waals surface area contributed by atoms with Gasteiger partial charge in [0.25, 0.3) is 0 Å². The summed E-state index contributed by atoms with van der Waals surface area (Å²) >= 11 is 3.46. The van der Waals surface area contributed by atoms with E-state index in [1.165, 1.54) is 18.4 Å². The van der Waals surface area contributed by atoms with Gasteiger partial charge in [0.15, 0.2) is 0 Å². The van der Waals surface area contributed by atoms with Crippen LogP contribution in [0, 0.1) is 5.92 Å². The van der Waals surface area contributed by atoms with Crippen molar-refractivity contribution in [2.24, 2.45) is 5.92 Å². The van der Waals surface area contributed by atoms with Gasteiger partial charge in [-0.05, 0) is 43.7 Å². The van der Waals surface area contributed by atoms with Crippen LogP contribution in [0.25, 0.3) is 0 Å². The van der Waals surface area contributed by atoms with Gasteiger partial charge in [-0.2, -0.15) is 0 Å². The van der Waals surface area contributed by atoms with Gasteiger partial charge in [-0.25, -0.2) is 0 Å². The quantitative estimate of drug-likeness (QED) is 0.519. The van der Waals surface area contributed by atoms with Crippen molar-refractivity contribution < 1.29 is 9.53 Å². The molecule has 0 amide bonds. The summed E-state index contributed by atoms with van der Waals surface area (Å²) in [6.07, 6.45) is 4.69.